The molecule has 0 heterocycles. The highest BCUT2D eigenvalue weighted by Crippen LogP contribution is 2.38. The molecule has 0 aromatic heterocycles. The molecule has 30 heavy (non-hydrogen) atoms. The van der Waals surface area contributed by atoms with Crippen molar-refractivity contribution in [3.63, 3.8) is 0 Å². The van der Waals surface area contributed by atoms with E-state index in [2.05, 4.69) is 0 Å². The third kappa shape index (κ3) is 5.14. The van der Waals surface area contributed by atoms with Crippen molar-refractivity contribution in [1.82, 2.24) is 0 Å². The van der Waals surface area contributed by atoms with E-state index in [4.69, 9.17) is 9.84 Å². The van der Waals surface area contributed by atoms with Gasteiger partial charge in [0.1, 0.15) is 17.1 Å². The Labute approximate surface area is 177 Å². The number of carboxylic acid groups (broad SMARTS) is 1. The number of carbonyl (C=O) groups is 1. The number of rotatable bonds is 8. The van der Waals surface area contributed by atoms with Crippen LogP contribution in [0.25, 0.3) is 0 Å². The van der Waals surface area contributed by atoms with Crippen LogP contribution in [0.3, 0.4) is 0 Å². The predicted octanol–water partition coefficient (Wildman–Crippen LogP) is 4.69. The summed E-state index contributed by atoms with van der Waals surface area (Å²) >= 11 is 0. The maximum Gasteiger partial charge on any atom is 0.339 e. The third-order valence-electron chi connectivity index (χ3n) is 5.66. The van der Waals surface area contributed by atoms with Crippen molar-refractivity contribution in [3.05, 3.63) is 53.1 Å². The summed E-state index contributed by atoms with van der Waals surface area (Å²) in [5.41, 5.74) is 1.81. The lowest BCUT2D eigenvalue weighted by atomic mass is 9.82. The number of ether oxygens (including phenoxy) is 1. The molecule has 0 unspecified atom stereocenters. The van der Waals surface area contributed by atoms with Crippen LogP contribution in [-0.4, -0.2) is 37.0 Å². The van der Waals surface area contributed by atoms with Crippen LogP contribution in [0, 0.1) is 6.92 Å². The summed E-state index contributed by atoms with van der Waals surface area (Å²) in [4.78, 5) is 11.4. The Balaban J connectivity index is 1.65. The molecule has 2 aromatic rings. The number of phenols is 1. The van der Waals surface area contributed by atoms with Crippen LogP contribution in [0.15, 0.2) is 41.3 Å². The SMILES string of the molecule is Cc1cccc(S(=O)(=O)CCCOc2ccc(C(=O)O)c(O)c2)c1C1CCCCC1. The number of aromatic hydroxyl groups is 1. The second-order valence-electron chi connectivity index (χ2n) is 7.83. The molecule has 0 aliphatic heterocycles. The molecular formula is C23H28O6S. The Bertz CT molecular complexity index is 1010. The molecule has 7 heteroatoms. The first-order valence-electron chi connectivity index (χ1n) is 10.3. The summed E-state index contributed by atoms with van der Waals surface area (Å²) in [5.74, 6) is -1.04. The van der Waals surface area contributed by atoms with E-state index >= 15 is 0 Å². The van der Waals surface area contributed by atoms with Crippen molar-refractivity contribution >= 4 is 15.8 Å². The Hall–Kier alpha value is -2.54. The fourth-order valence-electron chi connectivity index (χ4n) is 4.17. The summed E-state index contributed by atoms with van der Waals surface area (Å²) in [6.45, 7) is 2.13. The van der Waals surface area contributed by atoms with Crippen LogP contribution in [0.4, 0.5) is 0 Å². The lowest BCUT2D eigenvalue weighted by Gasteiger charge is -2.26. The van der Waals surface area contributed by atoms with E-state index in [0.717, 1.165) is 36.8 Å². The monoisotopic (exact) mass is 432 g/mol. The molecule has 0 radical (unpaired) electrons. The molecule has 2 aromatic carbocycles. The largest absolute Gasteiger partial charge is 0.507 e. The third-order valence-corrected chi connectivity index (χ3v) is 7.51. The second kappa shape index (κ2) is 9.51. The van der Waals surface area contributed by atoms with Gasteiger partial charge in [-0.1, -0.05) is 31.4 Å². The average Bonchev–Trinajstić information content (AvgIpc) is 2.71. The van der Waals surface area contributed by atoms with Crippen LogP contribution in [-0.2, 0) is 9.84 Å². The first kappa shape index (κ1) is 22.2. The van der Waals surface area contributed by atoms with Gasteiger partial charge in [0, 0.05) is 6.07 Å². The van der Waals surface area contributed by atoms with E-state index in [1.165, 1.54) is 24.6 Å². The minimum Gasteiger partial charge on any atom is -0.507 e. The van der Waals surface area contributed by atoms with Crippen LogP contribution >= 0.6 is 0 Å². The first-order valence-corrected chi connectivity index (χ1v) is 12.0. The second-order valence-corrected chi connectivity index (χ2v) is 9.90. The Morgan fingerprint density at radius 3 is 2.53 bits per heavy atom. The number of hydrogen-bond acceptors (Lipinski definition) is 5. The number of aryl methyl sites for hydroxylation is 1. The minimum atomic E-state index is -3.45. The van der Waals surface area contributed by atoms with Crippen molar-refractivity contribution in [2.75, 3.05) is 12.4 Å². The Kier molecular flexibility index (Phi) is 7.02. The summed E-state index contributed by atoms with van der Waals surface area (Å²) in [5, 5.41) is 18.7. The van der Waals surface area contributed by atoms with E-state index in [9.17, 15) is 18.3 Å². The van der Waals surface area contributed by atoms with Crippen molar-refractivity contribution in [2.45, 2.75) is 56.3 Å². The van der Waals surface area contributed by atoms with Gasteiger partial charge in [0.15, 0.2) is 9.84 Å². The Morgan fingerprint density at radius 1 is 1.13 bits per heavy atom. The smallest absolute Gasteiger partial charge is 0.339 e. The van der Waals surface area contributed by atoms with Gasteiger partial charge in [-0.3, -0.25) is 0 Å². The lowest BCUT2D eigenvalue weighted by molar-refractivity contribution is 0.0693. The highest BCUT2D eigenvalue weighted by atomic mass is 32.2. The molecule has 1 saturated carbocycles. The molecule has 0 atom stereocenters. The molecule has 1 aliphatic rings. The molecule has 1 fully saturated rings. The van der Waals surface area contributed by atoms with E-state index in [1.807, 2.05) is 13.0 Å². The molecule has 0 amide bonds. The van der Waals surface area contributed by atoms with E-state index < -0.39 is 15.8 Å². The van der Waals surface area contributed by atoms with Gasteiger partial charge in [0.2, 0.25) is 0 Å². The standard InChI is InChI=1S/C23H28O6S/c1-16-7-5-10-21(22(16)17-8-3-2-4-9-17)30(27,28)14-6-13-29-18-11-12-19(23(25)26)20(24)15-18/h5,7,10-12,15,17,24H,2-4,6,8-9,13-14H2,1H3,(H,25,26). The molecule has 0 bridgehead atoms. The van der Waals surface area contributed by atoms with Gasteiger partial charge in [-0.2, -0.15) is 0 Å². The van der Waals surface area contributed by atoms with Gasteiger partial charge < -0.3 is 14.9 Å². The van der Waals surface area contributed by atoms with Crippen LogP contribution in [0.5, 0.6) is 11.5 Å². The molecule has 1 aliphatic carbocycles. The van der Waals surface area contributed by atoms with Gasteiger partial charge in [0.05, 0.1) is 17.3 Å². The van der Waals surface area contributed by atoms with Crippen molar-refractivity contribution in [1.29, 1.82) is 0 Å². The summed E-state index contributed by atoms with van der Waals surface area (Å²) in [7, 11) is -3.45. The average molecular weight is 433 g/mol. The molecule has 3 rings (SSSR count). The lowest BCUT2D eigenvalue weighted by Crippen LogP contribution is -2.16. The fraction of sp³-hybridized carbons (Fsp3) is 0.435. The topological polar surface area (TPSA) is 101 Å². The van der Waals surface area contributed by atoms with Crippen LogP contribution in [0.2, 0.25) is 0 Å². The summed E-state index contributed by atoms with van der Waals surface area (Å²) < 4.78 is 31.7. The van der Waals surface area contributed by atoms with Gasteiger partial charge in [-0.25, -0.2) is 13.2 Å². The molecule has 2 N–H and O–H groups in total. The normalized spacial score (nSPS) is 15.1. The summed E-state index contributed by atoms with van der Waals surface area (Å²) in [6.07, 6.45) is 5.85. The number of sulfone groups is 1. The zero-order valence-electron chi connectivity index (χ0n) is 17.1. The van der Waals surface area contributed by atoms with Gasteiger partial charge >= 0.3 is 5.97 Å². The van der Waals surface area contributed by atoms with E-state index in [-0.39, 0.29) is 23.7 Å². The van der Waals surface area contributed by atoms with Gasteiger partial charge in [-0.05, 0) is 61.4 Å². The van der Waals surface area contributed by atoms with Crippen LogP contribution < -0.4 is 4.74 Å². The number of hydrogen-bond donors (Lipinski definition) is 2. The zero-order chi connectivity index (χ0) is 21.7. The first-order chi connectivity index (χ1) is 14.3. The number of carboxylic acids is 1. The number of benzene rings is 2. The van der Waals surface area contributed by atoms with Gasteiger partial charge in [-0.15, -0.1) is 0 Å². The molecule has 0 spiro atoms. The fourth-order valence-corrected chi connectivity index (χ4v) is 5.84. The van der Waals surface area contributed by atoms with E-state index in [1.54, 1.807) is 12.1 Å². The van der Waals surface area contributed by atoms with Crippen molar-refractivity contribution in [2.24, 2.45) is 0 Å². The van der Waals surface area contributed by atoms with Crippen molar-refractivity contribution in [3.8, 4) is 11.5 Å². The predicted molar refractivity (Wildman–Crippen MR) is 114 cm³/mol. The maximum atomic E-state index is 13.1. The quantitative estimate of drug-likeness (QED) is 0.587. The highest BCUT2D eigenvalue weighted by Gasteiger charge is 2.26. The highest BCUT2D eigenvalue weighted by molar-refractivity contribution is 7.91. The molecule has 6 nitrogen and oxygen atoms in total. The van der Waals surface area contributed by atoms with E-state index in [0.29, 0.717) is 23.0 Å². The number of aromatic carboxylic acids is 1. The Morgan fingerprint density at radius 2 is 1.87 bits per heavy atom. The van der Waals surface area contributed by atoms with Crippen molar-refractivity contribution < 1.29 is 28.2 Å². The molecular weight excluding hydrogens is 404 g/mol. The molecule has 0 saturated heterocycles. The molecule has 162 valence electrons. The maximum absolute atomic E-state index is 13.1. The van der Waals surface area contributed by atoms with Crippen LogP contribution in [0.1, 0.15) is 65.9 Å². The summed E-state index contributed by atoms with van der Waals surface area (Å²) in [6, 6.07) is 9.43. The zero-order valence-corrected chi connectivity index (χ0v) is 18.0. The minimum absolute atomic E-state index is 0.0324. The van der Waals surface area contributed by atoms with Gasteiger partial charge in [0.25, 0.3) is 0 Å².